The van der Waals surface area contributed by atoms with Gasteiger partial charge in [0.15, 0.2) is 0 Å². The second-order valence-electron chi connectivity index (χ2n) is 2.83. The van der Waals surface area contributed by atoms with Gasteiger partial charge in [0, 0.05) is 6.07 Å². The maximum Gasteiger partial charge on any atom is 0.405 e. The largest absolute Gasteiger partial charge is 0.405 e. The molecule has 0 saturated heterocycles. The van der Waals surface area contributed by atoms with Gasteiger partial charge in [-0.05, 0) is 6.07 Å². The van der Waals surface area contributed by atoms with Crippen molar-refractivity contribution in [1.82, 2.24) is 4.98 Å². The van der Waals surface area contributed by atoms with Crippen LogP contribution in [0.2, 0.25) is 0 Å². The van der Waals surface area contributed by atoms with Gasteiger partial charge in [0.2, 0.25) is 5.82 Å². The van der Waals surface area contributed by atoms with Crippen molar-refractivity contribution in [1.29, 1.82) is 0 Å². The molecule has 1 aromatic rings. The second kappa shape index (κ2) is 4.21. The second-order valence-corrected chi connectivity index (χ2v) is 2.83. The van der Waals surface area contributed by atoms with Crippen LogP contribution in [0.3, 0.4) is 0 Å². The van der Waals surface area contributed by atoms with E-state index in [0.717, 1.165) is 12.1 Å². The van der Waals surface area contributed by atoms with Gasteiger partial charge in [0.25, 0.3) is 0 Å². The normalized spacial score (nSPS) is 11.2. The Balaban J connectivity index is 2.78. The molecular formula is C7H7F3N4O2. The van der Waals surface area contributed by atoms with Crippen LogP contribution in [0.25, 0.3) is 0 Å². The van der Waals surface area contributed by atoms with Crippen molar-refractivity contribution < 1.29 is 18.1 Å². The molecule has 0 aliphatic carbocycles. The highest BCUT2D eigenvalue weighted by Gasteiger charge is 2.27. The average molecular weight is 236 g/mol. The molecule has 3 N–H and O–H groups in total. The number of halogens is 3. The van der Waals surface area contributed by atoms with Crippen LogP contribution in [0.4, 0.5) is 30.5 Å². The van der Waals surface area contributed by atoms with E-state index in [1.54, 1.807) is 0 Å². The van der Waals surface area contributed by atoms with E-state index in [1.807, 2.05) is 5.32 Å². The lowest BCUT2D eigenvalue weighted by atomic mass is 10.4. The fraction of sp³-hybridized carbons (Fsp3) is 0.286. The number of nitrogens with one attached hydrogen (secondary N) is 1. The number of aromatic nitrogens is 1. The van der Waals surface area contributed by atoms with Crippen molar-refractivity contribution in [2.75, 3.05) is 17.6 Å². The number of alkyl halides is 3. The molecule has 9 heteroatoms. The zero-order chi connectivity index (χ0) is 12.3. The maximum atomic E-state index is 11.8. The van der Waals surface area contributed by atoms with Gasteiger partial charge in [-0.25, -0.2) is 4.98 Å². The molecule has 1 aromatic heterocycles. The van der Waals surface area contributed by atoms with E-state index >= 15 is 0 Å². The van der Waals surface area contributed by atoms with E-state index in [1.165, 1.54) is 0 Å². The van der Waals surface area contributed by atoms with Crippen LogP contribution in [-0.2, 0) is 0 Å². The summed E-state index contributed by atoms with van der Waals surface area (Å²) in [5.74, 6) is -0.599. The monoisotopic (exact) mass is 236 g/mol. The van der Waals surface area contributed by atoms with Crippen LogP contribution in [0.1, 0.15) is 0 Å². The summed E-state index contributed by atoms with van der Waals surface area (Å²) in [6.45, 7) is -1.28. The topological polar surface area (TPSA) is 94.1 Å². The van der Waals surface area contributed by atoms with Gasteiger partial charge in [-0.15, -0.1) is 0 Å². The van der Waals surface area contributed by atoms with E-state index in [2.05, 4.69) is 4.98 Å². The van der Waals surface area contributed by atoms with Gasteiger partial charge < -0.3 is 11.1 Å². The number of nitro groups is 1. The fourth-order valence-corrected chi connectivity index (χ4v) is 0.911. The van der Waals surface area contributed by atoms with E-state index in [0.29, 0.717) is 0 Å². The molecule has 0 aliphatic rings. The van der Waals surface area contributed by atoms with Crippen LogP contribution in [0.15, 0.2) is 12.1 Å². The Morgan fingerprint density at radius 1 is 1.50 bits per heavy atom. The number of nitrogen functional groups attached to an aromatic ring is 1. The lowest BCUT2D eigenvalue weighted by Crippen LogP contribution is -2.21. The highest BCUT2D eigenvalue weighted by atomic mass is 19.4. The molecule has 6 nitrogen and oxygen atoms in total. The predicted octanol–water partition coefficient (Wildman–Crippen LogP) is 1.55. The molecule has 1 heterocycles. The first-order valence-electron chi connectivity index (χ1n) is 4.01. The minimum absolute atomic E-state index is 0.166. The number of pyridine rings is 1. The highest BCUT2D eigenvalue weighted by molar-refractivity contribution is 5.57. The predicted molar refractivity (Wildman–Crippen MR) is 49.8 cm³/mol. The molecule has 88 valence electrons. The van der Waals surface area contributed by atoms with Gasteiger partial charge in [-0.2, -0.15) is 13.2 Å². The Morgan fingerprint density at radius 2 is 2.12 bits per heavy atom. The summed E-state index contributed by atoms with van der Waals surface area (Å²) in [4.78, 5) is 13.0. The molecule has 0 spiro atoms. The van der Waals surface area contributed by atoms with Crippen LogP contribution < -0.4 is 11.1 Å². The Morgan fingerprint density at radius 3 is 2.56 bits per heavy atom. The fourth-order valence-electron chi connectivity index (χ4n) is 0.911. The van der Waals surface area contributed by atoms with Crippen molar-refractivity contribution in [3.05, 3.63) is 22.2 Å². The summed E-state index contributed by atoms with van der Waals surface area (Å²) in [5.41, 5.74) is 4.74. The molecule has 0 radical (unpaired) electrons. The molecule has 0 unspecified atom stereocenters. The number of anilines is 2. The van der Waals surface area contributed by atoms with Crippen molar-refractivity contribution >= 4 is 17.3 Å². The number of hydrogen-bond donors (Lipinski definition) is 2. The standard InChI is InChI=1S/C7H7F3N4O2/c8-7(9,10)3-12-5-2-1-4(14(15)16)6(11)13-5/h1-2H,3H2,(H3,11,12,13). The molecule has 0 atom stereocenters. The first-order valence-corrected chi connectivity index (χ1v) is 4.01. The Hall–Kier alpha value is -2.06. The molecule has 0 saturated carbocycles. The van der Waals surface area contributed by atoms with Gasteiger partial charge in [-0.3, -0.25) is 10.1 Å². The van der Waals surface area contributed by atoms with E-state index in [4.69, 9.17) is 5.73 Å². The zero-order valence-electron chi connectivity index (χ0n) is 7.78. The third-order valence-electron chi connectivity index (χ3n) is 1.57. The summed E-state index contributed by atoms with van der Waals surface area (Å²) in [6, 6.07) is 2.04. The Bertz CT molecular complexity index is 407. The maximum absolute atomic E-state index is 11.8. The van der Waals surface area contributed by atoms with Crippen molar-refractivity contribution in [2.45, 2.75) is 6.18 Å². The van der Waals surface area contributed by atoms with Crippen LogP contribution in [0.5, 0.6) is 0 Å². The first kappa shape index (κ1) is 12.0. The minimum atomic E-state index is -4.39. The Labute approximate surface area is 87.4 Å². The lowest BCUT2D eigenvalue weighted by molar-refractivity contribution is -0.384. The smallest absolute Gasteiger partial charge is 0.378 e. The van der Waals surface area contributed by atoms with E-state index in [-0.39, 0.29) is 5.82 Å². The number of nitrogens with two attached hydrogens (primary N) is 1. The van der Waals surface area contributed by atoms with Gasteiger partial charge in [0.1, 0.15) is 12.4 Å². The van der Waals surface area contributed by atoms with E-state index < -0.39 is 29.1 Å². The average Bonchev–Trinajstić information content (AvgIpc) is 2.13. The van der Waals surface area contributed by atoms with E-state index in [9.17, 15) is 23.3 Å². The summed E-state index contributed by atoms with van der Waals surface area (Å²) < 4.78 is 35.5. The number of hydrogen-bond acceptors (Lipinski definition) is 5. The van der Waals surface area contributed by atoms with Crippen LogP contribution in [-0.4, -0.2) is 22.6 Å². The lowest BCUT2D eigenvalue weighted by Gasteiger charge is -2.08. The van der Waals surface area contributed by atoms with Crippen molar-refractivity contribution in [2.24, 2.45) is 0 Å². The summed E-state index contributed by atoms with van der Waals surface area (Å²) >= 11 is 0. The summed E-state index contributed by atoms with van der Waals surface area (Å²) in [5, 5.41) is 12.3. The highest BCUT2D eigenvalue weighted by Crippen LogP contribution is 2.22. The van der Waals surface area contributed by atoms with Crippen LogP contribution in [0, 0.1) is 10.1 Å². The third-order valence-corrected chi connectivity index (χ3v) is 1.57. The summed E-state index contributed by atoms with van der Waals surface area (Å²) in [6.07, 6.45) is -4.39. The number of rotatable bonds is 3. The zero-order valence-corrected chi connectivity index (χ0v) is 7.78. The molecule has 16 heavy (non-hydrogen) atoms. The molecule has 0 fully saturated rings. The molecule has 0 bridgehead atoms. The van der Waals surface area contributed by atoms with Crippen molar-refractivity contribution in [3.8, 4) is 0 Å². The van der Waals surface area contributed by atoms with Gasteiger partial charge in [-0.1, -0.05) is 0 Å². The van der Waals surface area contributed by atoms with Crippen LogP contribution >= 0.6 is 0 Å². The minimum Gasteiger partial charge on any atom is -0.378 e. The first-order chi connectivity index (χ1) is 7.29. The number of nitrogens with zero attached hydrogens (tertiary/aromatic N) is 2. The molecule has 0 aromatic carbocycles. The van der Waals surface area contributed by atoms with Gasteiger partial charge >= 0.3 is 11.9 Å². The van der Waals surface area contributed by atoms with Gasteiger partial charge in [0.05, 0.1) is 4.92 Å². The SMILES string of the molecule is Nc1nc(NCC(F)(F)F)ccc1[N+](=O)[O-]. The molecule has 0 amide bonds. The molecule has 0 aliphatic heterocycles. The third kappa shape index (κ3) is 3.26. The molecule has 1 rings (SSSR count). The van der Waals surface area contributed by atoms with Crippen molar-refractivity contribution in [3.63, 3.8) is 0 Å². The quantitative estimate of drug-likeness (QED) is 0.613. The molecular weight excluding hydrogens is 229 g/mol. The Kier molecular flexibility index (Phi) is 3.16. The summed E-state index contributed by atoms with van der Waals surface area (Å²) in [7, 11) is 0.